The number of halogens is 2. The summed E-state index contributed by atoms with van der Waals surface area (Å²) in [6, 6.07) is 0.162. The third kappa shape index (κ3) is 21.1. The molecule has 0 bridgehead atoms. The van der Waals surface area contributed by atoms with E-state index < -0.39 is 0 Å². The van der Waals surface area contributed by atoms with Crippen LogP contribution in [0.4, 0.5) is 0 Å². The second kappa shape index (κ2) is 9.71. The zero-order valence-corrected chi connectivity index (χ0v) is 5.89. The Bertz CT molecular complexity index is 24.9. The summed E-state index contributed by atoms with van der Waals surface area (Å²) in [7, 11) is 0. The van der Waals surface area contributed by atoms with Crippen LogP contribution in [0.5, 0.6) is 0 Å². The molecule has 0 aromatic carbocycles. The molecular weight excluding hydrogens is 135 g/mol. The summed E-state index contributed by atoms with van der Waals surface area (Å²) in [5, 5.41) is 0. The molecule has 1 atom stereocenters. The predicted octanol–water partition coefficient (Wildman–Crippen LogP) is 0.136. The van der Waals surface area contributed by atoms with Crippen LogP contribution in [0.2, 0.25) is 0 Å². The molecule has 48 valence electrons. The molecule has 0 spiro atoms. The molecule has 0 aliphatic rings. The van der Waals surface area contributed by atoms with Crippen molar-refractivity contribution in [2.75, 3.05) is 6.54 Å². The van der Waals surface area contributed by atoms with Crippen molar-refractivity contribution in [3.8, 4) is 0 Å². The second-order valence-electron chi connectivity index (χ2n) is 1.21. The van der Waals surface area contributed by atoms with Gasteiger partial charge in [0.25, 0.3) is 0 Å². The summed E-state index contributed by atoms with van der Waals surface area (Å²) in [5.41, 5.74) is 10.2. The molecule has 0 aromatic rings. The van der Waals surface area contributed by atoms with Crippen molar-refractivity contribution in [1.82, 2.24) is 0 Å². The van der Waals surface area contributed by atoms with Gasteiger partial charge in [0.2, 0.25) is 0 Å². The normalized spacial score (nSPS) is 10.7. The summed E-state index contributed by atoms with van der Waals surface area (Å²) in [5.74, 6) is 0. The molecule has 0 saturated carbocycles. The second-order valence-corrected chi connectivity index (χ2v) is 1.21. The molecule has 2 nitrogen and oxygen atoms in total. The van der Waals surface area contributed by atoms with Crippen LogP contribution in [0.25, 0.3) is 0 Å². The van der Waals surface area contributed by atoms with Crippen molar-refractivity contribution in [3.05, 3.63) is 0 Å². The number of hydrogen-bond acceptors (Lipinski definition) is 2. The summed E-state index contributed by atoms with van der Waals surface area (Å²) in [4.78, 5) is 0. The van der Waals surface area contributed by atoms with E-state index in [4.69, 9.17) is 11.5 Å². The van der Waals surface area contributed by atoms with E-state index >= 15 is 0 Å². The molecule has 4 N–H and O–H groups in total. The topological polar surface area (TPSA) is 52.0 Å². The Hall–Kier alpha value is 0.500. The lowest BCUT2D eigenvalue weighted by Gasteiger charge is -1.92. The van der Waals surface area contributed by atoms with E-state index in [1.165, 1.54) is 0 Å². The van der Waals surface area contributed by atoms with E-state index in [1.807, 2.05) is 6.92 Å². The predicted molar refractivity (Wildman–Crippen MR) is 37.2 cm³/mol. The fourth-order valence-electron chi connectivity index (χ4n) is 0. The molecule has 0 saturated heterocycles. The van der Waals surface area contributed by atoms with Gasteiger partial charge < -0.3 is 11.5 Å². The van der Waals surface area contributed by atoms with Gasteiger partial charge in [-0.1, -0.05) is 0 Å². The van der Waals surface area contributed by atoms with Gasteiger partial charge in [-0.25, -0.2) is 0 Å². The van der Waals surface area contributed by atoms with Gasteiger partial charge >= 0.3 is 0 Å². The maximum Gasteiger partial charge on any atom is 0.0134 e. The molecule has 0 rings (SSSR count). The summed E-state index contributed by atoms with van der Waals surface area (Å²) < 4.78 is 0. The first-order chi connectivity index (χ1) is 2.27. The Morgan fingerprint density at radius 3 is 1.57 bits per heavy atom. The summed E-state index contributed by atoms with van der Waals surface area (Å²) >= 11 is 0. The zero-order valence-electron chi connectivity index (χ0n) is 4.26. The van der Waals surface area contributed by atoms with Gasteiger partial charge in [-0.2, -0.15) is 0 Å². The van der Waals surface area contributed by atoms with Gasteiger partial charge in [-0.3, -0.25) is 0 Å². The quantitative estimate of drug-likeness (QED) is 0.554. The molecule has 0 amide bonds. The Kier molecular flexibility index (Phi) is 21.7. The van der Waals surface area contributed by atoms with Crippen molar-refractivity contribution in [3.63, 3.8) is 0 Å². The molecule has 4 heteroatoms. The van der Waals surface area contributed by atoms with E-state index in [0.717, 1.165) is 0 Å². The van der Waals surface area contributed by atoms with Crippen molar-refractivity contribution in [2.24, 2.45) is 11.5 Å². The fraction of sp³-hybridized carbons (Fsp3) is 1.00. The van der Waals surface area contributed by atoms with Gasteiger partial charge in [-0.05, 0) is 6.92 Å². The summed E-state index contributed by atoms with van der Waals surface area (Å²) in [6.07, 6.45) is 0. The first-order valence-electron chi connectivity index (χ1n) is 1.73. The maximum absolute atomic E-state index is 5.17. The Morgan fingerprint density at radius 1 is 1.43 bits per heavy atom. The average molecular weight is 147 g/mol. The highest BCUT2D eigenvalue weighted by molar-refractivity contribution is 5.85. The molecule has 0 heterocycles. The SMILES string of the molecule is C[C@H](N)CN.Cl.Cl. The van der Waals surface area contributed by atoms with E-state index in [0.29, 0.717) is 6.54 Å². The van der Waals surface area contributed by atoms with Crippen LogP contribution in [-0.4, -0.2) is 12.6 Å². The van der Waals surface area contributed by atoms with Gasteiger partial charge in [-0.15, -0.1) is 24.8 Å². The summed E-state index contributed by atoms with van der Waals surface area (Å²) in [6.45, 7) is 2.46. The van der Waals surface area contributed by atoms with Crippen molar-refractivity contribution in [1.29, 1.82) is 0 Å². The van der Waals surface area contributed by atoms with Gasteiger partial charge in [0, 0.05) is 12.6 Å². The molecular formula is C3H12Cl2N2. The minimum atomic E-state index is 0. The van der Waals surface area contributed by atoms with E-state index in [1.54, 1.807) is 0 Å². The van der Waals surface area contributed by atoms with E-state index in [9.17, 15) is 0 Å². The molecule has 0 aliphatic heterocycles. The fourth-order valence-corrected chi connectivity index (χ4v) is 0. The number of nitrogens with two attached hydrogens (primary N) is 2. The molecule has 0 radical (unpaired) electrons. The number of rotatable bonds is 1. The van der Waals surface area contributed by atoms with Crippen molar-refractivity contribution >= 4 is 24.8 Å². The van der Waals surface area contributed by atoms with Crippen LogP contribution in [0, 0.1) is 0 Å². The lowest BCUT2D eigenvalue weighted by Crippen LogP contribution is -2.25. The van der Waals surface area contributed by atoms with Gasteiger partial charge in [0.1, 0.15) is 0 Å². The van der Waals surface area contributed by atoms with E-state index in [2.05, 4.69) is 0 Å². The van der Waals surface area contributed by atoms with Crippen LogP contribution in [0.3, 0.4) is 0 Å². The first-order valence-corrected chi connectivity index (χ1v) is 1.73. The first kappa shape index (κ1) is 15.6. The van der Waals surface area contributed by atoms with Gasteiger partial charge in [0.05, 0.1) is 0 Å². The highest BCUT2D eigenvalue weighted by Crippen LogP contribution is 1.59. The third-order valence-corrected chi connectivity index (χ3v) is 0.372. The van der Waals surface area contributed by atoms with Crippen molar-refractivity contribution < 1.29 is 0 Å². The van der Waals surface area contributed by atoms with Crippen LogP contribution >= 0.6 is 24.8 Å². The molecule has 0 fully saturated rings. The van der Waals surface area contributed by atoms with Crippen molar-refractivity contribution in [2.45, 2.75) is 13.0 Å². The Morgan fingerprint density at radius 2 is 1.57 bits per heavy atom. The van der Waals surface area contributed by atoms with Crippen LogP contribution in [0.15, 0.2) is 0 Å². The highest BCUT2D eigenvalue weighted by Gasteiger charge is 1.79. The molecule has 0 aliphatic carbocycles. The molecule has 0 unspecified atom stereocenters. The zero-order chi connectivity index (χ0) is 4.28. The standard InChI is InChI=1S/C3H10N2.2ClH/c1-3(5)2-4;;/h3H,2,4-5H2,1H3;2*1H/t3-;;/m0../s1. The molecule has 7 heavy (non-hydrogen) atoms. The largest absolute Gasteiger partial charge is 0.329 e. The highest BCUT2D eigenvalue weighted by atomic mass is 35.5. The molecule has 0 aromatic heterocycles. The Balaban J connectivity index is -0.0000000800. The van der Waals surface area contributed by atoms with Crippen LogP contribution < -0.4 is 11.5 Å². The van der Waals surface area contributed by atoms with Gasteiger partial charge in [0.15, 0.2) is 0 Å². The minimum absolute atomic E-state index is 0. The lowest BCUT2D eigenvalue weighted by molar-refractivity contribution is 0.752. The third-order valence-electron chi connectivity index (χ3n) is 0.372. The smallest absolute Gasteiger partial charge is 0.0134 e. The minimum Gasteiger partial charge on any atom is -0.329 e. The maximum atomic E-state index is 5.17. The van der Waals surface area contributed by atoms with Crippen LogP contribution in [-0.2, 0) is 0 Å². The van der Waals surface area contributed by atoms with Crippen LogP contribution in [0.1, 0.15) is 6.92 Å². The van der Waals surface area contributed by atoms with E-state index in [-0.39, 0.29) is 30.9 Å². The Labute approximate surface area is 56.5 Å². The number of hydrogen-bond donors (Lipinski definition) is 2. The average Bonchev–Trinajstić information content (AvgIpc) is 1.38. The lowest BCUT2D eigenvalue weighted by atomic mass is 10.4. The monoisotopic (exact) mass is 146 g/mol.